The number of aromatic nitrogens is 2. The van der Waals surface area contributed by atoms with Gasteiger partial charge >= 0.3 is 0 Å². The zero-order chi connectivity index (χ0) is 17.9. The van der Waals surface area contributed by atoms with Gasteiger partial charge in [-0.15, -0.1) is 0 Å². The number of benzene rings is 2. The standard InChI is InChI=1S/C21H23FN4/c1-17-6-2-3-7-18(17)16-24-12-14-25(15-13-24)21-23-10-11-26(21)20-9-5-4-8-19(20)22/h2-11H,12-16H2,1H3. The highest BCUT2D eigenvalue weighted by molar-refractivity contribution is 5.44. The molecule has 0 saturated carbocycles. The number of hydrogen-bond donors (Lipinski definition) is 0. The molecule has 2 heterocycles. The second kappa shape index (κ2) is 7.30. The summed E-state index contributed by atoms with van der Waals surface area (Å²) in [7, 11) is 0. The Bertz CT molecular complexity index is 881. The van der Waals surface area contributed by atoms with Crippen LogP contribution in [0.2, 0.25) is 0 Å². The molecule has 1 aliphatic heterocycles. The van der Waals surface area contributed by atoms with Crippen LogP contribution in [0.3, 0.4) is 0 Å². The predicted octanol–water partition coefficient (Wildman–Crippen LogP) is 3.64. The van der Waals surface area contributed by atoms with Gasteiger partial charge in [0.05, 0.1) is 5.69 Å². The quantitative estimate of drug-likeness (QED) is 0.718. The summed E-state index contributed by atoms with van der Waals surface area (Å²) in [5.41, 5.74) is 3.26. The van der Waals surface area contributed by atoms with E-state index in [9.17, 15) is 4.39 Å². The number of para-hydroxylation sites is 1. The molecule has 1 saturated heterocycles. The van der Waals surface area contributed by atoms with E-state index in [4.69, 9.17) is 0 Å². The van der Waals surface area contributed by atoms with Crippen LogP contribution < -0.4 is 4.90 Å². The fourth-order valence-corrected chi connectivity index (χ4v) is 3.50. The third kappa shape index (κ3) is 3.35. The normalized spacial score (nSPS) is 15.4. The molecule has 4 nitrogen and oxygen atoms in total. The minimum absolute atomic E-state index is 0.232. The van der Waals surface area contributed by atoms with E-state index in [-0.39, 0.29) is 5.82 Å². The molecule has 0 spiro atoms. The lowest BCUT2D eigenvalue weighted by Gasteiger charge is -2.35. The van der Waals surface area contributed by atoms with Gasteiger partial charge in [-0.05, 0) is 30.2 Å². The van der Waals surface area contributed by atoms with Crippen molar-refractivity contribution >= 4 is 5.95 Å². The first-order valence-electron chi connectivity index (χ1n) is 9.02. The van der Waals surface area contributed by atoms with Crippen molar-refractivity contribution in [2.75, 3.05) is 31.1 Å². The number of imidazole rings is 1. The third-order valence-corrected chi connectivity index (χ3v) is 5.04. The van der Waals surface area contributed by atoms with Crippen molar-refractivity contribution in [1.29, 1.82) is 0 Å². The summed E-state index contributed by atoms with van der Waals surface area (Å²) in [4.78, 5) is 9.19. The molecule has 4 rings (SSSR count). The Kier molecular flexibility index (Phi) is 4.71. The summed E-state index contributed by atoms with van der Waals surface area (Å²) < 4.78 is 16.0. The zero-order valence-corrected chi connectivity index (χ0v) is 15.0. The Labute approximate surface area is 153 Å². The van der Waals surface area contributed by atoms with Crippen molar-refractivity contribution in [3.05, 3.63) is 77.9 Å². The van der Waals surface area contributed by atoms with E-state index >= 15 is 0 Å². The summed E-state index contributed by atoms with van der Waals surface area (Å²) in [6.45, 7) is 6.85. The first-order chi connectivity index (χ1) is 12.7. The van der Waals surface area contributed by atoms with Gasteiger partial charge in [-0.2, -0.15) is 0 Å². The van der Waals surface area contributed by atoms with Gasteiger partial charge in [0.15, 0.2) is 0 Å². The van der Waals surface area contributed by atoms with Crippen molar-refractivity contribution in [3.8, 4) is 5.69 Å². The smallest absolute Gasteiger partial charge is 0.210 e. The second-order valence-corrected chi connectivity index (χ2v) is 6.74. The van der Waals surface area contributed by atoms with Gasteiger partial charge in [0.2, 0.25) is 5.95 Å². The van der Waals surface area contributed by atoms with Crippen LogP contribution >= 0.6 is 0 Å². The molecular formula is C21H23FN4. The van der Waals surface area contributed by atoms with Crippen LogP contribution in [0.25, 0.3) is 5.69 Å². The van der Waals surface area contributed by atoms with Gasteiger partial charge in [-0.1, -0.05) is 36.4 Å². The van der Waals surface area contributed by atoms with Crippen molar-refractivity contribution in [3.63, 3.8) is 0 Å². The molecule has 0 N–H and O–H groups in total. The average Bonchev–Trinajstić information content (AvgIpc) is 3.14. The van der Waals surface area contributed by atoms with Crippen LogP contribution in [-0.2, 0) is 6.54 Å². The van der Waals surface area contributed by atoms with E-state index in [0.29, 0.717) is 5.69 Å². The van der Waals surface area contributed by atoms with Crippen LogP contribution in [0.5, 0.6) is 0 Å². The summed E-state index contributed by atoms with van der Waals surface area (Å²) in [5, 5.41) is 0. The van der Waals surface area contributed by atoms with Gasteiger partial charge < -0.3 is 4.90 Å². The van der Waals surface area contributed by atoms with Crippen molar-refractivity contribution < 1.29 is 4.39 Å². The van der Waals surface area contributed by atoms with Gasteiger partial charge in [0.1, 0.15) is 5.82 Å². The number of halogens is 1. The highest BCUT2D eigenvalue weighted by atomic mass is 19.1. The summed E-state index contributed by atoms with van der Waals surface area (Å²) in [5.74, 6) is 0.579. The molecule has 26 heavy (non-hydrogen) atoms. The molecule has 0 aliphatic carbocycles. The number of piperazine rings is 1. The number of anilines is 1. The van der Waals surface area contributed by atoms with E-state index in [1.807, 2.05) is 16.8 Å². The molecule has 0 amide bonds. The highest BCUT2D eigenvalue weighted by Gasteiger charge is 2.21. The van der Waals surface area contributed by atoms with Crippen LogP contribution in [0.15, 0.2) is 60.9 Å². The Morgan fingerprint density at radius 2 is 1.69 bits per heavy atom. The molecule has 0 bridgehead atoms. The number of rotatable bonds is 4. The molecule has 0 unspecified atom stereocenters. The van der Waals surface area contributed by atoms with Crippen molar-refractivity contribution in [1.82, 2.24) is 14.5 Å². The van der Waals surface area contributed by atoms with Crippen LogP contribution in [0, 0.1) is 12.7 Å². The lowest BCUT2D eigenvalue weighted by atomic mass is 10.1. The maximum Gasteiger partial charge on any atom is 0.210 e. The van der Waals surface area contributed by atoms with Gasteiger partial charge in [-0.3, -0.25) is 9.47 Å². The molecule has 2 aromatic carbocycles. The Hall–Kier alpha value is -2.66. The lowest BCUT2D eigenvalue weighted by molar-refractivity contribution is 0.248. The van der Waals surface area contributed by atoms with Crippen molar-refractivity contribution in [2.24, 2.45) is 0 Å². The summed E-state index contributed by atoms with van der Waals surface area (Å²) >= 11 is 0. The molecule has 1 aliphatic rings. The molecule has 1 aromatic heterocycles. The second-order valence-electron chi connectivity index (χ2n) is 6.74. The van der Waals surface area contributed by atoms with Crippen LogP contribution in [-0.4, -0.2) is 40.6 Å². The number of nitrogens with zero attached hydrogens (tertiary/aromatic N) is 4. The third-order valence-electron chi connectivity index (χ3n) is 5.04. The Morgan fingerprint density at radius 1 is 0.962 bits per heavy atom. The minimum atomic E-state index is -0.232. The summed E-state index contributed by atoms with van der Waals surface area (Å²) in [6.07, 6.45) is 3.56. The zero-order valence-electron chi connectivity index (χ0n) is 15.0. The molecular weight excluding hydrogens is 327 g/mol. The minimum Gasteiger partial charge on any atom is -0.339 e. The van der Waals surface area contributed by atoms with E-state index in [1.165, 1.54) is 17.2 Å². The topological polar surface area (TPSA) is 24.3 Å². The number of aryl methyl sites for hydroxylation is 1. The maximum absolute atomic E-state index is 14.2. The Morgan fingerprint density at radius 3 is 2.46 bits per heavy atom. The molecule has 0 atom stereocenters. The summed E-state index contributed by atoms with van der Waals surface area (Å²) in [6, 6.07) is 15.4. The Balaban J connectivity index is 1.46. The van der Waals surface area contributed by atoms with E-state index in [2.05, 4.69) is 46.0 Å². The van der Waals surface area contributed by atoms with Gasteiger partial charge in [-0.25, -0.2) is 9.37 Å². The molecule has 5 heteroatoms. The first-order valence-corrected chi connectivity index (χ1v) is 9.02. The highest BCUT2D eigenvalue weighted by Crippen LogP contribution is 2.22. The molecule has 0 radical (unpaired) electrons. The molecule has 1 fully saturated rings. The van der Waals surface area contributed by atoms with E-state index in [1.54, 1.807) is 18.3 Å². The number of hydrogen-bond acceptors (Lipinski definition) is 3. The SMILES string of the molecule is Cc1ccccc1CN1CCN(c2nccn2-c2ccccc2F)CC1. The molecule has 3 aromatic rings. The van der Waals surface area contributed by atoms with E-state index < -0.39 is 0 Å². The van der Waals surface area contributed by atoms with Crippen LogP contribution in [0.4, 0.5) is 10.3 Å². The fourth-order valence-electron chi connectivity index (χ4n) is 3.50. The lowest BCUT2D eigenvalue weighted by Crippen LogP contribution is -2.46. The van der Waals surface area contributed by atoms with Crippen molar-refractivity contribution in [2.45, 2.75) is 13.5 Å². The van der Waals surface area contributed by atoms with Crippen LogP contribution in [0.1, 0.15) is 11.1 Å². The molecule has 134 valence electrons. The average molecular weight is 350 g/mol. The maximum atomic E-state index is 14.2. The first kappa shape index (κ1) is 16.8. The van der Waals surface area contributed by atoms with E-state index in [0.717, 1.165) is 38.7 Å². The monoisotopic (exact) mass is 350 g/mol. The van der Waals surface area contributed by atoms with Gasteiger partial charge in [0.25, 0.3) is 0 Å². The largest absolute Gasteiger partial charge is 0.339 e. The van der Waals surface area contributed by atoms with Gasteiger partial charge in [0, 0.05) is 45.1 Å². The fraction of sp³-hybridized carbons (Fsp3) is 0.286. The predicted molar refractivity (Wildman–Crippen MR) is 102 cm³/mol.